The molecular weight excluding hydrogens is 234 g/mol. The van der Waals surface area contributed by atoms with Crippen LogP contribution in [0.3, 0.4) is 0 Å². The number of rotatable bonds is 3. The summed E-state index contributed by atoms with van der Waals surface area (Å²) in [5.41, 5.74) is 8.16. The minimum Gasteiger partial charge on any atom is -0.353 e. The monoisotopic (exact) mass is 261 g/mol. The van der Waals surface area contributed by atoms with Crippen molar-refractivity contribution in [3.05, 3.63) is 23.4 Å². The van der Waals surface area contributed by atoms with E-state index >= 15 is 0 Å². The Morgan fingerprint density at radius 1 is 1.32 bits per heavy atom. The molecule has 1 saturated heterocycles. The molecule has 1 aromatic heterocycles. The molecule has 2 N–H and O–H groups in total. The molecule has 106 valence electrons. The van der Waals surface area contributed by atoms with Crippen molar-refractivity contribution in [3.8, 4) is 0 Å². The molecule has 1 fully saturated rings. The Labute approximate surface area is 117 Å². The molecule has 0 bridgehead atoms. The van der Waals surface area contributed by atoms with Gasteiger partial charge in [0.1, 0.15) is 5.82 Å². The highest BCUT2D eigenvalue weighted by Crippen LogP contribution is 2.30. The first kappa shape index (κ1) is 14.3. The zero-order valence-corrected chi connectivity index (χ0v) is 12.7. The summed E-state index contributed by atoms with van der Waals surface area (Å²) in [6.45, 7) is 10.9. The van der Waals surface area contributed by atoms with Crippen molar-refractivity contribution in [1.29, 1.82) is 0 Å². The molecule has 0 spiro atoms. The maximum atomic E-state index is 5.81. The molecule has 2 heterocycles. The second kappa shape index (κ2) is 5.91. The second-order valence-corrected chi connectivity index (χ2v) is 6.09. The van der Waals surface area contributed by atoms with Crippen LogP contribution in [0.25, 0.3) is 0 Å². The summed E-state index contributed by atoms with van der Waals surface area (Å²) in [4.78, 5) is 7.28. The molecule has 1 aliphatic heterocycles. The fourth-order valence-corrected chi connectivity index (χ4v) is 3.10. The third kappa shape index (κ3) is 3.08. The molecule has 0 saturated carbocycles. The molecule has 3 atom stereocenters. The summed E-state index contributed by atoms with van der Waals surface area (Å²) in [6, 6.07) is 4.85. The smallest absolute Gasteiger partial charge is 0.129 e. The van der Waals surface area contributed by atoms with Crippen LogP contribution in [0.4, 0.5) is 5.82 Å². The van der Waals surface area contributed by atoms with Crippen LogP contribution in [0.2, 0.25) is 0 Å². The van der Waals surface area contributed by atoms with Gasteiger partial charge in [-0.05, 0) is 49.3 Å². The normalized spacial score (nSPS) is 27.6. The van der Waals surface area contributed by atoms with Gasteiger partial charge in [-0.1, -0.05) is 20.8 Å². The number of hydrogen-bond donors (Lipinski definition) is 1. The highest BCUT2D eigenvalue weighted by molar-refractivity contribution is 5.44. The summed E-state index contributed by atoms with van der Waals surface area (Å²) >= 11 is 0. The molecule has 3 nitrogen and oxygen atoms in total. The number of nitrogens with two attached hydrogens (primary N) is 1. The van der Waals surface area contributed by atoms with Crippen LogP contribution < -0.4 is 10.6 Å². The summed E-state index contributed by atoms with van der Waals surface area (Å²) < 4.78 is 0. The standard InChI is InChI=1S/C16H27N3/c1-5-15-7-14(9-17)8-16(18-15)19-10-11(2)6-12(3)13(19)4/h7-8,11-13H,5-6,9-10,17H2,1-4H3. The lowest BCUT2D eigenvalue weighted by Crippen LogP contribution is -2.46. The number of pyridine rings is 1. The van der Waals surface area contributed by atoms with Crippen LogP contribution >= 0.6 is 0 Å². The lowest BCUT2D eigenvalue weighted by molar-refractivity contribution is 0.295. The van der Waals surface area contributed by atoms with Gasteiger partial charge in [-0.15, -0.1) is 0 Å². The van der Waals surface area contributed by atoms with E-state index in [0.29, 0.717) is 12.6 Å². The summed E-state index contributed by atoms with van der Waals surface area (Å²) in [6.07, 6.45) is 2.28. The summed E-state index contributed by atoms with van der Waals surface area (Å²) in [5.74, 6) is 2.57. The van der Waals surface area contributed by atoms with Crippen molar-refractivity contribution in [2.75, 3.05) is 11.4 Å². The molecule has 0 amide bonds. The number of hydrogen-bond acceptors (Lipinski definition) is 3. The second-order valence-electron chi connectivity index (χ2n) is 6.09. The zero-order chi connectivity index (χ0) is 14.0. The van der Waals surface area contributed by atoms with Crippen LogP contribution in [0, 0.1) is 11.8 Å². The van der Waals surface area contributed by atoms with Gasteiger partial charge in [-0.25, -0.2) is 4.98 Å². The average Bonchev–Trinajstić information content (AvgIpc) is 2.42. The van der Waals surface area contributed by atoms with E-state index in [0.717, 1.165) is 36.3 Å². The van der Waals surface area contributed by atoms with Crippen molar-refractivity contribution < 1.29 is 0 Å². The number of aryl methyl sites for hydroxylation is 1. The van der Waals surface area contributed by atoms with E-state index in [9.17, 15) is 0 Å². The maximum Gasteiger partial charge on any atom is 0.129 e. The van der Waals surface area contributed by atoms with E-state index in [4.69, 9.17) is 10.7 Å². The highest BCUT2D eigenvalue weighted by atomic mass is 15.2. The van der Waals surface area contributed by atoms with Gasteiger partial charge in [0, 0.05) is 24.8 Å². The largest absolute Gasteiger partial charge is 0.353 e. The van der Waals surface area contributed by atoms with Crippen LogP contribution in [0.15, 0.2) is 12.1 Å². The van der Waals surface area contributed by atoms with Crippen LogP contribution in [0.5, 0.6) is 0 Å². The Bertz CT molecular complexity index is 408. The Morgan fingerprint density at radius 2 is 2.05 bits per heavy atom. The lowest BCUT2D eigenvalue weighted by atomic mass is 9.86. The fourth-order valence-electron chi connectivity index (χ4n) is 3.10. The number of anilines is 1. The van der Waals surface area contributed by atoms with E-state index in [2.05, 4.69) is 44.7 Å². The Hall–Kier alpha value is -1.09. The van der Waals surface area contributed by atoms with E-state index in [1.165, 1.54) is 12.0 Å². The number of piperidine rings is 1. The van der Waals surface area contributed by atoms with Gasteiger partial charge in [-0.2, -0.15) is 0 Å². The van der Waals surface area contributed by atoms with Crippen molar-refractivity contribution in [3.63, 3.8) is 0 Å². The van der Waals surface area contributed by atoms with E-state index in [1.54, 1.807) is 0 Å². The molecular formula is C16H27N3. The van der Waals surface area contributed by atoms with Crippen LogP contribution in [0.1, 0.15) is 45.4 Å². The first-order chi connectivity index (χ1) is 9.05. The van der Waals surface area contributed by atoms with Crippen molar-refractivity contribution in [1.82, 2.24) is 4.98 Å². The molecule has 0 radical (unpaired) electrons. The van der Waals surface area contributed by atoms with E-state index in [-0.39, 0.29) is 0 Å². The summed E-state index contributed by atoms with van der Waals surface area (Å²) in [5, 5.41) is 0. The van der Waals surface area contributed by atoms with Crippen molar-refractivity contribution in [2.24, 2.45) is 17.6 Å². The molecule has 0 aliphatic carbocycles. The quantitative estimate of drug-likeness (QED) is 0.909. The topological polar surface area (TPSA) is 42.1 Å². The zero-order valence-electron chi connectivity index (χ0n) is 12.7. The lowest BCUT2D eigenvalue weighted by Gasteiger charge is -2.42. The Morgan fingerprint density at radius 3 is 2.68 bits per heavy atom. The average molecular weight is 261 g/mol. The molecule has 1 aromatic rings. The highest BCUT2D eigenvalue weighted by Gasteiger charge is 2.29. The molecule has 2 rings (SSSR count). The predicted octanol–water partition coefficient (Wildman–Crippen LogP) is 2.97. The third-order valence-electron chi connectivity index (χ3n) is 4.41. The minimum atomic E-state index is 0.557. The number of aromatic nitrogens is 1. The van der Waals surface area contributed by atoms with Crippen molar-refractivity contribution >= 4 is 5.82 Å². The van der Waals surface area contributed by atoms with Crippen LogP contribution in [-0.2, 0) is 13.0 Å². The third-order valence-corrected chi connectivity index (χ3v) is 4.41. The van der Waals surface area contributed by atoms with Gasteiger partial charge in [0.25, 0.3) is 0 Å². The first-order valence-corrected chi connectivity index (χ1v) is 7.51. The van der Waals surface area contributed by atoms with E-state index < -0.39 is 0 Å². The van der Waals surface area contributed by atoms with Gasteiger partial charge in [0.2, 0.25) is 0 Å². The predicted molar refractivity (Wildman–Crippen MR) is 81.3 cm³/mol. The summed E-state index contributed by atoms with van der Waals surface area (Å²) in [7, 11) is 0. The molecule has 3 unspecified atom stereocenters. The van der Waals surface area contributed by atoms with E-state index in [1.807, 2.05) is 0 Å². The minimum absolute atomic E-state index is 0.557. The Balaban J connectivity index is 2.33. The SMILES string of the molecule is CCc1cc(CN)cc(N2CC(C)CC(C)C2C)n1. The maximum absolute atomic E-state index is 5.81. The van der Waals surface area contributed by atoms with Gasteiger partial charge in [0.15, 0.2) is 0 Å². The van der Waals surface area contributed by atoms with Gasteiger partial charge in [0.05, 0.1) is 0 Å². The Kier molecular flexibility index (Phi) is 4.46. The molecule has 0 aromatic carbocycles. The fraction of sp³-hybridized carbons (Fsp3) is 0.688. The van der Waals surface area contributed by atoms with Gasteiger partial charge in [-0.3, -0.25) is 0 Å². The van der Waals surface area contributed by atoms with Gasteiger partial charge < -0.3 is 10.6 Å². The van der Waals surface area contributed by atoms with Crippen LogP contribution in [-0.4, -0.2) is 17.6 Å². The van der Waals surface area contributed by atoms with Crippen molar-refractivity contribution in [2.45, 2.75) is 53.1 Å². The number of nitrogens with zero attached hydrogens (tertiary/aromatic N) is 2. The van der Waals surface area contributed by atoms with Gasteiger partial charge >= 0.3 is 0 Å². The molecule has 3 heteroatoms. The molecule has 19 heavy (non-hydrogen) atoms. The first-order valence-electron chi connectivity index (χ1n) is 7.51. The molecule has 1 aliphatic rings.